The van der Waals surface area contributed by atoms with Crippen molar-refractivity contribution in [2.24, 2.45) is 0 Å². The number of morpholine rings is 1. The predicted octanol–water partition coefficient (Wildman–Crippen LogP) is 1.24. The van der Waals surface area contributed by atoms with Crippen LogP contribution in [0.15, 0.2) is 30.5 Å². The molecule has 0 spiro atoms. The van der Waals surface area contributed by atoms with Gasteiger partial charge >= 0.3 is 0 Å². The first-order chi connectivity index (χ1) is 11.2. The molecule has 0 bridgehead atoms. The number of amides is 1. The van der Waals surface area contributed by atoms with E-state index in [1.54, 1.807) is 0 Å². The van der Waals surface area contributed by atoms with Crippen molar-refractivity contribution in [3.05, 3.63) is 45.9 Å². The summed E-state index contributed by atoms with van der Waals surface area (Å²) in [4.78, 5) is 18.7. The number of benzene rings is 1. The van der Waals surface area contributed by atoms with Gasteiger partial charge in [0.1, 0.15) is 13.1 Å². The Bertz CT molecular complexity index is 654. The molecule has 0 saturated carbocycles. The standard InChI is InChI=1S/C16H18ClN3O2S/c17-13-3-1-12(2-4-13)9-14-10-18-16(23-14)19-15(21)11-20-5-7-22-8-6-20/h1-4,10H,5-9,11H2,(H,18,19,21)/p+1. The molecule has 2 aromatic rings. The highest BCUT2D eigenvalue weighted by molar-refractivity contribution is 7.15. The topological polar surface area (TPSA) is 55.7 Å². The molecule has 1 aromatic heterocycles. The van der Waals surface area contributed by atoms with Crippen molar-refractivity contribution in [3.8, 4) is 0 Å². The lowest BCUT2D eigenvalue weighted by Gasteiger charge is -2.22. The Labute approximate surface area is 144 Å². The summed E-state index contributed by atoms with van der Waals surface area (Å²) >= 11 is 7.40. The zero-order valence-electron chi connectivity index (χ0n) is 12.7. The number of rotatable bonds is 5. The fourth-order valence-electron chi connectivity index (χ4n) is 2.48. The van der Waals surface area contributed by atoms with Crippen LogP contribution in [0.5, 0.6) is 0 Å². The van der Waals surface area contributed by atoms with Crippen LogP contribution in [0.25, 0.3) is 0 Å². The normalized spacial score (nSPS) is 15.5. The van der Waals surface area contributed by atoms with E-state index >= 15 is 0 Å². The average Bonchev–Trinajstić information content (AvgIpc) is 2.97. The summed E-state index contributed by atoms with van der Waals surface area (Å²) in [5, 5.41) is 4.28. The highest BCUT2D eigenvalue weighted by Crippen LogP contribution is 2.21. The molecular formula is C16H19ClN3O2S+. The third-order valence-corrected chi connectivity index (χ3v) is 4.87. The van der Waals surface area contributed by atoms with Crippen molar-refractivity contribution >= 4 is 34.0 Å². The molecule has 0 atom stereocenters. The van der Waals surface area contributed by atoms with Gasteiger partial charge in [-0.2, -0.15) is 0 Å². The van der Waals surface area contributed by atoms with Crippen LogP contribution in [0.3, 0.4) is 0 Å². The Morgan fingerprint density at radius 1 is 1.30 bits per heavy atom. The van der Waals surface area contributed by atoms with Crippen molar-refractivity contribution in [3.63, 3.8) is 0 Å². The SMILES string of the molecule is O=C(C[NH+]1CCOCC1)Nc1ncc(Cc2ccc(Cl)cc2)s1. The number of hydrogen-bond donors (Lipinski definition) is 2. The van der Waals surface area contributed by atoms with Crippen molar-refractivity contribution < 1.29 is 14.4 Å². The first kappa shape index (κ1) is 16.4. The van der Waals surface area contributed by atoms with Crippen LogP contribution in [0.4, 0.5) is 5.13 Å². The van der Waals surface area contributed by atoms with Crippen LogP contribution in [-0.2, 0) is 16.0 Å². The molecule has 7 heteroatoms. The molecule has 3 rings (SSSR count). The lowest BCUT2D eigenvalue weighted by Crippen LogP contribution is -3.15. The fourth-order valence-corrected chi connectivity index (χ4v) is 3.47. The van der Waals surface area contributed by atoms with Crippen LogP contribution in [0, 0.1) is 0 Å². The van der Waals surface area contributed by atoms with E-state index in [9.17, 15) is 4.79 Å². The minimum absolute atomic E-state index is 0.00860. The van der Waals surface area contributed by atoms with Crippen molar-refractivity contribution in [1.29, 1.82) is 0 Å². The highest BCUT2D eigenvalue weighted by atomic mass is 35.5. The summed E-state index contributed by atoms with van der Waals surface area (Å²) in [7, 11) is 0. The summed E-state index contributed by atoms with van der Waals surface area (Å²) in [6, 6.07) is 7.77. The Morgan fingerprint density at radius 2 is 2.04 bits per heavy atom. The van der Waals surface area contributed by atoms with Gasteiger partial charge in [0.2, 0.25) is 0 Å². The Kier molecular flexibility index (Phi) is 5.61. The minimum Gasteiger partial charge on any atom is -0.370 e. The number of anilines is 1. The van der Waals surface area contributed by atoms with E-state index in [2.05, 4.69) is 10.3 Å². The molecule has 1 aliphatic rings. The molecule has 1 saturated heterocycles. The monoisotopic (exact) mass is 352 g/mol. The molecule has 2 N–H and O–H groups in total. The largest absolute Gasteiger partial charge is 0.370 e. The summed E-state index contributed by atoms with van der Waals surface area (Å²) < 4.78 is 5.30. The van der Waals surface area contributed by atoms with Gasteiger partial charge in [-0.25, -0.2) is 4.98 Å². The van der Waals surface area contributed by atoms with Gasteiger partial charge in [-0.05, 0) is 17.7 Å². The molecule has 23 heavy (non-hydrogen) atoms. The van der Waals surface area contributed by atoms with Gasteiger partial charge in [0.15, 0.2) is 11.7 Å². The number of aromatic nitrogens is 1. The lowest BCUT2D eigenvalue weighted by molar-refractivity contribution is -0.899. The van der Waals surface area contributed by atoms with Gasteiger partial charge in [-0.15, -0.1) is 11.3 Å². The van der Waals surface area contributed by atoms with Gasteiger partial charge in [-0.3, -0.25) is 10.1 Å². The second-order valence-electron chi connectivity index (χ2n) is 5.52. The second kappa shape index (κ2) is 7.88. The molecule has 1 aromatic carbocycles. The Morgan fingerprint density at radius 3 is 2.78 bits per heavy atom. The molecule has 0 aliphatic carbocycles. The molecule has 1 fully saturated rings. The van der Waals surface area contributed by atoms with Crippen LogP contribution in [0.2, 0.25) is 5.02 Å². The molecule has 122 valence electrons. The molecule has 0 radical (unpaired) electrons. The zero-order valence-corrected chi connectivity index (χ0v) is 14.3. The second-order valence-corrected chi connectivity index (χ2v) is 7.07. The van der Waals surface area contributed by atoms with Gasteiger partial charge in [0, 0.05) is 22.5 Å². The minimum atomic E-state index is 0.00860. The quantitative estimate of drug-likeness (QED) is 0.851. The molecule has 0 unspecified atom stereocenters. The maximum Gasteiger partial charge on any atom is 0.281 e. The number of quaternary nitrogens is 1. The van der Waals surface area contributed by atoms with Crippen molar-refractivity contribution in [2.75, 3.05) is 38.2 Å². The van der Waals surface area contributed by atoms with Crippen LogP contribution in [0.1, 0.15) is 10.4 Å². The van der Waals surface area contributed by atoms with Crippen LogP contribution in [-0.4, -0.2) is 43.7 Å². The first-order valence-electron chi connectivity index (χ1n) is 7.59. The lowest BCUT2D eigenvalue weighted by atomic mass is 10.1. The Hall–Kier alpha value is -1.47. The molecule has 2 heterocycles. The summed E-state index contributed by atoms with van der Waals surface area (Å²) in [6.07, 6.45) is 2.61. The van der Waals surface area contributed by atoms with E-state index in [4.69, 9.17) is 16.3 Å². The summed E-state index contributed by atoms with van der Waals surface area (Å²) in [5.41, 5.74) is 1.17. The van der Waals surface area contributed by atoms with Crippen molar-refractivity contribution in [2.45, 2.75) is 6.42 Å². The van der Waals surface area contributed by atoms with E-state index in [0.29, 0.717) is 11.7 Å². The number of carbonyl (C=O) groups excluding carboxylic acids is 1. The summed E-state index contributed by atoms with van der Waals surface area (Å²) in [5.74, 6) is 0.00860. The number of ether oxygens (including phenoxy) is 1. The number of hydrogen-bond acceptors (Lipinski definition) is 4. The maximum atomic E-state index is 12.1. The van der Waals surface area contributed by atoms with E-state index < -0.39 is 0 Å². The van der Waals surface area contributed by atoms with Gasteiger partial charge < -0.3 is 9.64 Å². The maximum absolute atomic E-state index is 12.1. The summed E-state index contributed by atoms with van der Waals surface area (Å²) in [6.45, 7) is 3.69. The van der Waals surface area contributed by atoms with E-state index in [1.165, 1.54) is 21.8 Å². The number of carbonyl (C=O) groups is 1. The highest BCUT2D eigenvalue weighted by Gasteiger charge is 2.18. The van der Waals surface area contributed by atoms with Gasteiger partial charge in [0.25, 0.3) is 5.91 Å². The first-order valence-corrected chi connectivity index (χ1v) is 8.79. The zero-order chi connectivity index (χ0) is 16.1. The van der Waals surface area contributed by atoms with Crippen LogP contribution < -0.4 is 10.2 Å². The Balaban J connectivity index is 1.52. The van der Waals surface area contributed by atoms with E-state index in [0.717, 1.165) is 42.6 Å². The third kappa shape index (κ3) is 5.00. The predicted molar refractivity (Wildman–Crippen MR) is 91.4 cm³/mol. The number of nitrogens with one attached hydrogen (secondary N) is 2. The average molecular weight is 353 g/mol. The number of nitrogens with zero attached hydrogens (tertiary/aromatic N) is 1. The van der Waals surface area contributed by atoms with Gasteiger partial charge in [0.05, 0.1) is 13.2 Å². The van der Waals surface area contributed by atoms with E-state index in [1.807, 2.05) is 30.5 Å². The molecule has 5 nitrogen and oxygen atoms in total. The van der Waals surface area contributed by atoms with Crippen molar-refractivity contribution in [1.82, 2.24) is 4.98 Å². The molecule has 1 amide bonds. The molecular weight excluding hydrogens is 334 g/mol. The fraction of sp³-hybridized carbons (Fsp3) is 0.375. The smallest absolute Gasteiger partial charge is 0.281 e. The van der Waals surface area contributed by atoms with E-state index in [-0.39, 0.29) is 5.91 Å². The number of thiazole rings is 1. The van der Waals surface area contributed by atoms with Gasteiger partial charge in [-0.1, -0.05) is 23.7 Å². The number of halogens is 1. The molecule has 1 aliphatic heterocycles. The third-order valence-electron chi connectivity index (χ3n) is 3.70. The van der Waals surface area contributed by atoms with Crippen LogP contribution >= 0.6 is 22.9 Å².